The summed E-state index contributed by atoms with van der Waals surface area (Å²) in [6, 6.07) is 0.133. The van der Waals surface area contributed by atoms with Crippen LogP contribution < -0.4 is 15.1 Å². The first-order valence-electron chi connectivity index (χ1n) is 5.58. The average molecular weight is 254 g/mol. The highest BCUT2D eigenvalue weighted by atomic mass is 16.5. The Kier molecular flexibility index (Phi) is 4.35. The first-order valence-corrected chi connectivity index (χ1v) is 5.58. The number of ether oxygens (including phenoxy) is 1. The van der Waals surface area contributed by atoms with E-state index < -0.39 is 0 Å². The van der Waals surface area contributed by atoms with Crippen molar-refractivity contribution in [2.45, 2.75) is 33.2 Å². The molecule has 18 heavy (non-hydrogen) atoms. The minimum atomic E-state index is -0.213. The summed E-state index contributed by atoms with van der Waals surface area (Å²) in [5.74, 6) is 0.498. The zero-order valence-corrected chi connectivity index (χ0v) is 11.3. The molecule has 0 aliphatic rings. The van der Waals surface area contributed by atoms with Crippen molar-refractivity contribution >= 4 is 11.9 Å². The van der Waals surface area contributed by atoms with Gasteiger partial charge in [-0.25, -0.2) is 0 Å². The van der Waals surface area contributed by atoms with Crippen molar-refractivity contribution in [2.75, 3.05) is 24.0 Å². The number of rotatable bonds is 5. The van der Waals surface area contributed by atoms with Gasteiger partial charge in [0, 0.05) is 12.1 Å². The fourth-order valence-corrected chi connectivity index (χ4v) is 1.18. The molecule has 0 fully saturated rings. The number of hydrogen-bond donors (Lipinski definition) is 1. The van der Waals surface area contributed by atoms with E-state index in [1.807, 2.05) is 20.8 Å². The van der Waals surface area contributed by atoms with Gasteiger partial charge < -0.3 is 10.1 Å². The van der Waals surface area contributed by atoms with E-state index in [0.717, 1.165) is 5.01 Å². The second-order valence-corrected chi connectivity index (χ2v) is 4.62. The quantitative estimate of drug-likeness (QED) is 0.630. The van der Waals surface area contributed by atoms with Crippen molar-refractivity contribution < 1.29 is 4.74 Å². The van der Waals surface area contributed by atoms with Crippen LogP contribution in [0, 0.1) is 4.91 Å². The van der Waals surface area contributed by atoms with Crippen LogP contribution in [0.1, 0.15) is 27.7 Å². The van der Waals surface area contributed by atoms with Crippen molar-refractivity contribution in [3.63, 3.8) is 0 Å². The molecule has 0 unspecified atom stereocenters. The number of aromatic nitrogens is 3. The van der Waals surface area contributed by atoms with Gasteiger partial charge in [-0.3, -0.25) is 0 Å². The highest BCUT2D eigenvalue weighted by molar-refractivity contribution is 5.38. The Balaban J connectivity index is 3.12. The van der Waals surface area contributed by atoms with E-state index in [1.54, 1.807) is 6.92 Å². The van der Waals surface area contributed by atoms with E-state index in [1.165, 1.54) is 7.11 Å². The van der Waals surface area contributed by atoms with Crippen LogP contribution in [0.4, 0.5) is 11.9 Å². The van der Waals surface area contributed by atoms with Crippen LogP contribution >= 0.6 is 0 Å². The summed E-state index contributed by atoms with van der Waals surface area (Å²) in [7, 11) is 1.45. The molecule has 0 aliphatic heterocycles. The SMILES string of the molecule is CCN(N=O)c1nc(NC(C)(C)C)nc(OC)n1. The number of methoxy groups -OCH3 is 1. The Hall–Kier alpha value is -1.99. The van der Waals surface area contributed by atoms with Gasteiger partial charge in [-0.1, -0.05) is 0 Å². The molecule has 0 aliphatic carbocycles. The van der Waals surface area contributed by atoms with Gasteiger partial charge in [-0.15, -0.1) is 4.91 Å². The molecule has 1 heterocycles. The van der Waals surface area contributed by atoms with Gasteiger partial charge in [0.2, 0.25) is 5.95 Å². The Morgan fingerprint density at radius 1 is 1.33 bits per heavy atom. The summed E-state index contributed by atoms with van der Waals surface area (Å²) in [5.41, 5.74) is -0.213. The summed E-state index contributed by atoms with van der Waals surface area (Å²) in [4.78, 5) is 22.8. The van der Waals surface area contributed by atoms with Crippen LogP contribution in [0.25, 0.3) is 0 Å². The van der Waals surface area contributed by atoms with Crippen LogP contribution in [-0.4, -0.2) is 34.1 Å². The lowest BCUT2D eigenvalue weighted by atomic mass is 10.1. The summed E-state index contributed by atoms with van der Waals surface area (Å²) in [5, 5.41) is 7.05. The maximum atomic E-state index is 10.6. The first-order chi connectivity index (χ1) is 8.39. The molecule has 0 spiro atoms. The maximum Gasteiger partial charge on any atom is 0.322 e. The van der Waals surface area contributed by atoms with E-state index in [2.05, 4.69) is 25.6 Å². The summed E-state index contributed by atoms with van der Waals surface area (Å²) in [6.07, 6.45) is 0. The van der Waals surface area contributed by atoms with Gasteiger partial charge in [0.1, 0.15) is 0 Å². The van der Waals surface area contributed by atoms with Crippen molar-refractivity contribution in [3.05, 3.63) is 4.91 Å². The predicted octanol–water partition coefficient (Wildman–Crippen LogP) is 1.60. The van der Waals surface area contributed by atoms with Gasteiger partial charge in [0.05, 0.1) is 12.4 Å². The van der Waals surface area contributed by atoms with Crippen molar-refractivity contribution in [1.29, 1.82) is 0 Å². The molecule has 0 aromatic carbocycles. The minimum absolute atomic E-state index is 0.133. The van der Waals surface area contributed by atoms with Gasteiger partial charge in [-0.2, -0.15) is 20.0 Å². The monoisotopic (exact) mass is 254 g/mol. The molecule has 0 bridgehead atoms. The second kappa shape index (κ2) is 5.56. The molecule has 100 valence electrons. The third-order valence-electron chi connectivity index (χ3n) is 1.90. The van der Waals surface area contributed by atoms with Crippen LogP contribution in [0.5, 0.6) is 6.01 Å². The molecule has 0 saturated heterocycles. The molecule has 8 heteroatoms. The fraction of sp³-hybridized carbons (Fsp3) is 0.700. The molecule has 0 atom stereocenters. The Bertz CT molecular complexity index is 417. The first kappa shape index (κ1) is 14.1. The summed E-state index contributed by atoms with van der Waals surface area (Å²) >= 11 is 0. The van der Waals surface area contributed by atoms with Crippen LogP contribution in [0.3, 0.4) is 0 Å². The maximum absolute atomic E-state index is 10.6. The van der Waals surface area contributed by atoms with Crippen molar-refractivity contribution in [3.8, 4) is 6.01 Å². The third kappa shape index (κ3) is 3.79. The van der Waals surface area contributed by atoms with E-state index in [9.17, 15) is 4.91 Å². The van der Waals surface area contributed by atoms with Gasteiger partial charge in [0.15, 0.2) is 0 Å². The van der Waals surface area contributed by atoms with Crippen molar-refractivity contribution in [2.24, 2.45) is 5.29 Å². The molecule has 0 radical (unpaired) electrons. The van der Waals surface area contributed by atoms with Crippen LogP contribution in [-0.2, 0) is 0 Å². The number of nitroso groups, excluding NO2 is 1. The standard InChI is InChI=1S/C10H18N6O2/c1-6-16(15-17)8-11-7(14-10(2,3)4)12-9(13-8)18-5/h6H2,1-5H3,(H,11,12,13,14). The molecule has 0 amide bonds. The average Bonchev–Trinajstić information content (AvgIpc) is 2.28. The summed E-state index contributed by atoms with van der Waals surface area (Å²) in [6.45, 7) is 8.05. The highest BCUT2D eigenvalue weighted by Crippen LogP contribution is 2.17. The van der Waals surface area contributed by atoms with Crippen LogP contribution in [0.2, 0.25) is 0 Å². The van der Waals surface area contributed by atoms with E-state index in [-0.39, 0.29) is 17.5 Å². The molecule has 1 aromatic heterocycles. The van der Waals surface area contributed by atoms with Crippen LogP contribution in [0.15, 0.2) is 5.29 Å². The highest BCUT2D eigenvalue weighted by Gasteiger charge is 2.16. The molecule has 1 N–H and O–H groups in total. The Morgan fingerprint density at radius 3 is 2.44 bits per heavy atom. The topological polar surface area (TPSA) is 92.6 Å². The lowest BCUT2D eigenvalue weighted by molar-refractivity contribution is 0.378. The second-order valence-electron chi connectivity index (χ2n) is 4.62. The number of anilines is 2. The van der Waals surface area contributed by atoms with Gasteiger partial charge in [-0.05, 0) is 27.7 Å². The largest absolute Gasteiger partial charge is 0.467 e. The Labute approximate surface area is 106 Å². The summed E-state index contributed by atoms with van der Waals surface area (Å²) < 4.78 is 4.98. The zero-order chi connectivity index (χ0) is 13.8. The molecule has 0 saturated carbocycles. The zero-order valence-electron chi connectivity index (χ0n) is 11.3. The normalized spacial score (nSPS) is 10.9. The fourth-order valence-electron chi connectivity index (χ4n) is 1.18. The van der Waals surface area contributed by atoms with Gasteiger partial charge >= 0.3 is 6.01 Å². The molecule has 1 rings (SSSR count). The van der Waals surface area contributed by atoms with Gasteiger partial charge in [0.25, 0.3) is 5.95 Å². The molecule has 8 nitrogen and oxygen atoms in total. The van der Waals surface area contributed by atoms with Crippen molar-refractivity contribution in [1.82, 2.24) is 15.0 Å². The molecular weight excluding hydrogens is 236 g/mol. The van der Waals surface area contributed by atoms with E-state index in [4.69, 9.17) is 4.74 Å². The molecule has 1 aromatic rings. The smallest absolute Gasteiger partial charge is 0.322 e. The Morgan fingerprint density at radius 2 is 2.00 bits per heavy atom. The number of nitrogens with zero attached hydrogens (tertiary/aromatic N) is 5. The lowest BCUT2D eigenvalue weighted by Gasteiger charge is -2.21. The van der Waals surface area contributed by atoms with E-state index >= 15 is 0 Å². The predicted molar refractivity (Wildman–Crippen MR) is 68.6 cm³/mol. The minimum Gasteiger partial charge on any atom is -0.467 e. The number of hydrogen-bond acceptors (Lipinski definition) is 7. The molecular formula is C10H18N6O2. The lowest BCUT2D eigenvalue weighted by Crippen LogP contribution is -2.28. The number of nitrogens with one attached hydrogen (secondary N) is 1. The van der Waals surface area contributed by atoms with E-state index in [0.29, 0.717) is 12.5 Å². The third-order valence-corrected chi connectivity index (χ3v) is 1.90.